The first-order valence-corrected chi connectivity index (χ1v) is 25.1. The van der Waals surface area contributed by atoms with Crippen LogP contribution in [0.4, 0.5) is 0 Å². The van der Waals surface area contributed by atoms with Crippen LogP contribution < -0.4 is 0 Å². The van der Waals surface area contributed by atoms with E-state index >= 15 is 0 Å². The van der Waals surface area contributed by atoms with Gasteiger partial charge in [0.1, 0.15) is 0 Å². The Hall–Kier alpha value is -9.36. The molecule has 0 aliphatic rings. The minimum absolute atomic E-state index is 1.21. The van der Waals surface area contributed by atoms with Crippen molar-refractivity contribution in [1.82, 2.24) is 0 Å². The summed E-state index contributed by atoms with van der Waals surface area (Å²) in [6.07, 6.45) is 0. The molecule has 0 aliphatic heterocycles. The topological polar surface area (TPSA) is 0 Å². The van der Waals surface area contributed by atoms with Crippen molar-refractivity contribution < 1.29 is 0 Å². The average molecular weight is 909 g/mol. The first kappa shape index (κ1) is 40.5. The summed E-state index contributed by atoms with van der Waals surface area (Å²) < 4.78 is 0. The van der Waals surface area contributed by atoms with E-state index < -0.39 is 0 Å². The van der Waals surface area contributed by atoms with E-state index in [-0.39, 0.29) is 0 Å². The maximum Gasteiger partial charge on any atom is -0.00199 e. The highest BCUT2D eigenvalue weighted by atomic mass is 14.2. The van der Waals surface area contributed by atoms with Crippen molar-refractivity contribution in [2.24, 2.45) is 0 Å². The Labute approximate surface area is 417 Å². The SMILES string of the molecule is c1ccc2cc(-c3c4ccccc4c(-c4ccc(-c5c6ccccc6c(-c6ccc(-c7cc8c9ccccc9c9ccccc9c8c8ccccc78)cc6)c6ccccc56)cc4)c4ccccc34)ccc2c1. The molecule has 0 radical (unpaired) electrons. The summed E-state index contributed by atoms with van der Waals surface area (Å²) in [5.41, 5.74) is 12.4. The molecular formula is C72H44. The molecule has 0 saturated carbocycles. The number of rotatable bonds is 5. The largest absolute Gasteiger partial charge is 0.0616 e. The van der Waals surface area contributed by atoms with Crippen LogP contribution >= 0.6 is 0 Å². The van der Waals surface area contributed by atoms with Crippen molar-refractivity contribution in [3.63, 3.8) is 0 Å². The van der Waals surface area contributed by atoms with Crippen LogP contribution in [0.15, 0.2) is 267 Å². The fourth-order valence-electron chi connectivity index (χ4n) is 12.5. The summed E-state index contributed by atoms with van der Waals surface area (Å²) in [4.78, 5) is 0. The molecule has 15 rings (SSSR count). The summed E-state index contributed by atoms with van der Waals surface area (Å²) in [6, 6.07) is 99.4. The van der Waals surface area contributed by atoms with Crippen LogP contribution in [0.2, 0.25) is 0 Å². The molecule has 0 fully saturated rings. The van der Waals surface area contributed by atoms with E-state index in [1.54, 1.807) is 0 Å². The van der Waals surface area contributed by atoms with E-state index in [4.69, 9.17) is 0 Å². The summed E-state index contributed by atoms with van der Waals surface area (Å²) in [5, 5.41) is 22.9. The summed E-state index contributed by atoms with van der Waals surface area (Å²) in [6.45, 7) is 0. The molecule has 0 unspecified atom stereocenters. The predicted molar refractivity (Wildman–Crippen MR) is 311 cm³/mol. The van der Waals surface area contributed by atoms with E-state index in [0.717, 1.165) is 0 Å². The molecule has 0 amide bonds. The lowest BCUT2D eigenvalue weighted by atomic mass is 9.84. The van der Waals surface area contributed by atoms with Crippen molar-refractivity contribution in [2.75, 3.05) is 0 Å². The van der Waals surface area contributed by atoms with Gasteiger partial charge in [-0.25, -0.2) is 0 Å². The van der Waals surface area contributed by atoms with Gasteiger partial charge in [0.15, 0.2) is 0 Å². The third-order valence-corrected chi connectivity index (χ3v) is 15.6. The van der Waals surface area contributed by atoms with Gasteiger partial charge in [0.2, 0.25) is 0 Å². The van der Waals surface area contributed by atoms with Gasteiger partial charge in [-0.3, -0.25) is 0 Å². The highest BCUT2D eigenvalue weighted by molar-refractivity contribution is 6.33. The quantitative estimate of drug-likeness (QED) is 0.119. The van der Waals surface area contributed by atoms with Crippen molar-refractivity contribution >= 4 is 97.0 Å². The summed E-state index contributed by atoms with van der Waals surface area (Å²) in [5.74, 6) is 0. The molecule has 0 nitrogen and oxygen atoms in total. The third-order valence-electron chi connectivity index (χ3n) is 15.6. The molecule has 0 N–H and O–H groups in total. The Bertz CT molecular complexity index is 4600. The Morgan fingerprint density at radius 3 is 0.861 bits per heavy atom. The fraction of sp³-hybridized carbons (Fsp3) is 0. The van der Waals surface area contributed by atoms with Crippen LogP contribution in [0.1, 0.15) is 0 Å². The smallest absolute Gasteiger partial charge is 0.00199 e. The molecule has 332 valence electrons. The van der Waals surface area contributed by atoms with Crippen LogP contribution in [-0.4, -0.2) is 0 Å². The molecule has 0 aliphatic carbocycles. The molecule has 0 bridgehead atoms. The highest BCUT2D eigenvalue weighted by Gasteiger charge is 2.21. The Balaban J connectivity index is 0.867. The van der Waals surface area contributed by atoms with Gasteiger partial charge >= 0.3 is 0 Å². The molecule has 0 heterocycles. The first-order valence-electron chi connectivity index (χ1n) is 25.1. The molecule has 15 aromatic rings. The van der Waals surface area contributed by atoms with Crippen LogP contribution in [0.5, 0.6) is 0 Å². The maximum absolute atomic E-state index is 2.44. The molecule has 0 spiro atoms. The lowest BCUT2D eigenvalue weighted by molar-refractivity contribution is 1.63. The number of fused-ring (bicyclic) bond motifs is 13. The second-order valence-corrected chi connectivity index (χ2v) is 19.4. The Morgan fingerprint density at radius 2 is 0.431 bits per heavy atom. The zero-order valence-corrected chi connectivity index (χ0v) is 39.4. The van der Waals surface area contributed by atoms with Crippen molar-refractivity contribution in [3.05, 3.63) is 267 Å². The number of benzene rings is 15. The zero-order chi connectivity index (χ0) is 47.3. The number of hydrogen-bond donors (Lipinski definition) is 0. The zero-order valence-electron chi connectivity index (χ0n) is 39.4. The normalized spacial score (nSPS) is 11.9. The standard InChI is InChI=1S/C72H44/c1-2-18-50-43-51(42-33-45(50)17-1)71-64-31-15-13-29-62(64)70(63-30-14-16-32-65(63)71)49-40-38-48(39-41-49)69-60-27-11-9-25-58(60)68(59-26-10-12-28-61(59)69)47-36-34-46(35-37-47)66-44-67-54-21-4-3-19-52(54)53-20-5-7-23-56(53)72(67)57-24-8-6-22-55(57)66/h1-44H. The van der Waals surface area contributed by atoms with E-state index in [2.05, 4.69) is 267 Å². The minimum Gasteiger partial charge on any atom is -0.0616 e. The molecule has 15 aromatic carbocycles. The average Bonchev–Trinajstić information content (AvgIpc) is 3.45. The van der Waals surface area contributed by atoms with Crippen LogP contribution in [0.25, 0.3) is 153 Å². The second kappa shape index (κ2) is 16.1. The van der Waals surface area contributed by atoms with Gasteiger partial charge in [-0.05, 0) is 165 Å². The summed E-state index contributed by atoms with van der Waals surface area (Å²) >= 11 is 0. The van der Waals surface area contributed by atoms with Gasteiger partial charge in [0.25, 0.3) is 0 Å². The third kappa shape index (κ3) is 6.13. The van der Waals surface area contributed by atoms with Gasteiger partial charge in [0, 0.05) is 0 Å². The first-order chi connectivity index (χ1) is 35.7. The highest BCUT2D eigenvalue weighted by Crippen LogP contribution is 2.48. The van der Waals surface area contributed by atoms with Crippen LogP contribution in [0, 0.1) is 0 Å². The van der Waals surface area contributed by atoms with Gasteiger partial charge in [-0.1, -0.05) is 255 Å². The van der Waals surface area contributed by atoms with E-state index in [0.29, 0.717) is 0 Å². The molecule has 0 saturated heterocycles. The summed E-state index contributed by atoms with van der Waals surface area (Å²) in [7, 11) is 0. The van der Waals surface area contributed by atoms with Crippen molar-refractivity contribution in [1.29, 1.82) is 0 Å². The van der Waals surface area contributed by atoms with Gasteiger partial charge in [-0.2, -0.15) is 0 Å². The molecule has 0 aromatic heterocycles. The lowest BCUT2D eigenvalue weighted by Gasteiger charge is -2.19. The number of hydrogen-bond acceptors (Lipinski definition) is 0. The molecular weight excluding hydrogens is 865 g/mol. The van der Waals surface area contributed by atoms with E-state index in [9.17, 15) is 0 Å². The fourth-order valence-corrected chi connectivity index (χ4v) is 12.5. The van der Waals surface area contributed by atoms with Crippen LogP contribution in [0.3, 0.4) is 0 Å². The van der Waals surface area contributed by atoms with Gasteiger partial charge < -0.3 is 0 Å². The monoisotopic (exact) mass is 908 g/mol. The molecule has 72 heavy (non-hydrogen) atoms. The maximum atomic E-state index is 2.44. The van der Waals surface area contributed by atoms with E-state index in [1.165, 1.54) is 153 Å². The molecule has 0 atom stereocenters. The van der Waals surface area contributed by atoms with Crippen molar-refractivity contribution in [2.45, 2.75) is 0 Å². The second-order valence-electron chi connectivity index (χ2n) is 19.4. The van der Waals surface area contributed by atoms with E-state index in [1.807, 2.05) is 0 Å². The Morgan fingerprint density at radius 1 is 0.153 bits per heavy atom. The lowest BCUT2D eigenvalue weighted by Crippen LogP contribution is -1.92. The van der Waals surface area contributed by atoms with Gasteiger partial charge in [0.05, 0.1) is 0 Å². The molecule has 0 heteroatoms. The minimum atomic E-state index is 1.21. The van der Waals surface area contributed by atoms with Gasteiger partial charge in [-0.15, -0.1) is 0 Å². The van der Waals surface area contributed by atoms with Crippen molar-refractivity contribution in [3.8, 4) is 55.6 Å². The van der Waals surface area contributed by atoms with Crippen LogP contribution in [-0.2, 0) is 0 Å². The predicted octanol–water partition coefficient (Wildman–Crippen LogP) is 20.4. The Kier molecular flexibility index (Phi) is 9.06.